The summed E-state index contributed by atoms with van der Waals surface area (Å²) in [6.07, 6.45) is 0.810. The first-order valence-corrected chi connectivity index (χ1v) is 10.7. The maximum Gasteiger partial charge on any atom is 0.332 e. The van der Waals surface area contributed by atoms with Crippen molar-refractivity contribution < 1.29 is 4.39 Å². The molecular weight excluding hydrogens is 433 g/mol. The van der Waals surface area contributed by atoms with Crippen LogP contribution in [0.25, 0.3) is 11.2 Å². The molecule has 0 saturated carbocycles. The highest BCUT2D eigenvalue weighted by atomic mass is 35.5. The van der Waals surface area contributed by atoms with E-state index in [0.29, 0.717) is 34.2 Å². The molecule has 0 aliphatic carbocycles. The quantitative estimate of drug-likeness (QED) is 0.475. The van der Waals surface area contributed by atoms with Crippen molar-refractivity contribution in [2.24, 2.45) is 7.05 Å². The molecule has 4 aromatic rings. The third-order valence-electron chi connectivity index (χ3n) is 5.94. The highest BCUT2D eigenvalue weighted by Crippen LogP contribution is 2.33. The van der Waals surface area contributed by atoms with Crippen LogP contribution in [0.3, 0.4) is 0 Å². The molecule has 7 nitrogen and oxygen atoms in total. The lowest BCUT2D eigenvalue weighted by molar-refractivity contribution is 0.597. The number of imidazole rings is 1. The van der Waals surface area contributed by atoms with E-state index in [4.69, 9.17) is 11.6 Å². The summed E-state index contributed by atoms with van der Waals surface area (Å²) in [7, 11) is 1.61. The van der Waals surface area contributed by atoms with Crippen LogP contribution in [0.5, 0.6) is 0 Å². The maximum atomic E-state index is 13.4. The number of aryl methyl sites for hydroxylation is 3. The second kappa shape index (κ2) is 7.63. The van der Waals surface area contributed by atoms with E-state index in [-0.39, 0.29) is 12.4 Å². The fourth-order valence-corrected chi connectivity index (χ4v) is 4.35. The molecule has 0 radical (unpaired) electrons. The molecule has 0 amide bonds. The van der Waals surface area contributed by atoms with Crippen molar-refractivity contribution in [1.82, 2.24) is 18.7 Å². The molecular formula is C23H21ClFN5O2. The Balaban J connectivity index is 1.68. The summed E-state index contributed by atoms with van der Waals surface area (Å²) in [6.45, 7) is 3.34. The van der Waals surface area contributed by atoms with Crippen LogP contribution in [0.2, 0.25) is 5.02 Å². The summed E-state index contributed by atoms with van der Waals surface area (Å²) in [5, 5.41) is 0.657. The largest absolute Gasteiger partial charge is 0.332 e. The molecule has 0 spiro atoms. The summed E-state index contributed by atoms with van der Waals surface area (Å²) < 4.78 is 17.7. The molecule has 0 saturated heterocycles. The van der Waals surface area contributed by atoms with Crippen LogP contribution in [-0.4, -0.2) is 25.2 Å². The zero-order valence-electron chi connectivity index (χ0n) is 17.7. The minimum Gasteiger partial charge on any atom is -0.312 e. The van der Waals surface area contributed by atoms with Gasteiger partial charge >= 0.3 is 5.69 Å². The predicted octanol–water partition coefficient (Wildman–Crippen LogP) is 3.59. The van der Waals surface area contributed by atoms with E-state index in [1.54, 1.807) is 19.2 Å². The molecule has 3 heterocycles. The van der Waals surface area contributed by atoms with E-state index in [2.05, 4.69) is 4.98 Å². The second-order valence-electron chi connectivity index (χ2n) is 8.03. The van der Waals surface area contributed by atoms with Crippen molar-refractivity contribution in [3.63, 3.8) is 0 Å². The maximum absolute atomic E-state index is 13.4. The number of hydrogen-bond acceptors (Lipinski definition) is 4. The van der Waals surface area contributed by atoms with Crippen molar-refractivity contribution in [1.29, 1.82) is 0 Å². The average molecular weight is 454 g/mol. The van der Waals surface area contributed by atoms with E-state index in [1.807, 2.05) is 34.6 Å². The first-order chi connectivity index (χ1) is 15.3. The zero-order valence-corrected chi connectivity index (χ0v) is 18.4. The molecule has 2 aromatic heterocycles. The van der Waals surface area contributed by atoms with Gasteiger partial charge in [-0.1, -0.05) is 29.8 Å². The minimum absolute atomic E-state index is 0.0551. The molecule has 164 valence electrons. The fourth-order valence-electron chi connectivity index (χ4n) is 4.17. The van der Waals surface area contributed by atoms with E-state index in [0.717, 1.165) is 24.2 Å². The Kier molecular flexibility index (Phi) is 4.89. The number of nitrogens with zero attached hydrogens (tertiary/aromatic N) is 5. The van der Waals surface area contributed by atoms with Gasteiger partial charge in [-0.05, 0) is 48.7 Å². The molecule has 0 unspecified atom stereocenters. The van der Waals surface area contributed by atoms with Crippen LogP contribution in [-0.2, 0) is 20.1 Å². The molecule has 5 rings (SSSR count). The molecule has 1 aliphatic rings. The Morgan fingerprint density at radius 3 is 2.56 bits per heavy atom. The van der Waals surface area contributed by atoms with Crippen LogP contribution in [0.4, 0.5) is 16.0 Å². The molecule has 1 aliphatic heterocycles. The lowest BCUT2D eigenvalue weighted by Crippen LogP contribution is -2.40. The smallest absolute Gasteiger partial charge is 0.312 e. The Bertz CT molecular complexity index is 1470. The van der Waals surface area contributed by atoms with Crippen molar-refractivity contribution >= 4 is 34.4 Å². The normalized spacial score (nSPS) is 13.6. The number of benzene rings is 2. The zero-order chi connectivity index (χ0) is 22.6. The summed E-state index contributed by atoms with van der Waals surface area (Å²) in [5.74, 6) is 0.239. The van der Waals surface area contributed by atoms with Crippen LogP contribution in [0.15, 0.2) is 52.1 Å². The Hall–Kier alpha value is -3.39. The first kappa shape index (κ1) is 20.5. The molecule has 9 heteroatoms. The monoisotopic (exact) mass is 453 g/mol. The second-order valence-corrected chi connectivity index (χ2v) is 8.44. The van der Waals surface area contributed by atoms with Gasteiger partial charge in [0, 0.05) is 30.8 Å². The van der Waals surface area contributed by atoms with Crippen LogP contribution in [0, 0.1) is 12.7 Å². The van der Waals surface area contributed by atoms with Gasteiger partial charge in [0.05, 0.1) is 6.54 Å². The average Bonchev–Trinajstić information content (AvgIpc) is 3.18. The van der Waals surface area contributed by atoms with Crippen LogP contribution >= 0.6 is 11.6 Å². The van der Waals surface area contributed by atoms with Crippen molar-refractivity contribution in [3.05, 3.63) is 85.3 Å². The molecule has 0 bridgehead atoms. The van der Waals surface area contributed by atoms with Crippen LogP contribution in [0.1, 0.15) is 17.5 Å². The number of fused-ring (bicyclic) bond motifs is 3. The predicted molar refractivity (Wildman–Crippen MR) is 123 cm³/mol. The fraction of sp³-hybridized carbons (Fsp3) is 0.261. The van der Waals surface area contributed by atoms with Gasteiger partial charge in [0.25, 0.3) is 5.56 Å². The summed E-state index contributed by atoms with van der Waals surface area (Å²) >= 11 is 6.34. The summed E-state index contributed by atoms with van der Waals surface area (Å²) in [4.78, 5) is 33.1. The summed E-state index contributed by atoms with van der Waals surface area (Å²) in [6, 6.07) is 11.6. The lowest BCUT2D eigenvalue weighted by Gasteiger charge is -2.29. The number of hydrogen-bond donors (Lipinski definition) is 0. The SMILES string of the molecule is Cc1ccc(N2CCCn3c2nc2c3c(=O)n(Cc3ccc(F)cc3)c(=O)n2C)cc1Cl. The number of rotatable bonds is 3. The summed E-state index contributed by atoms with van der Waals surface area (Å²) in [5.41, 5.74) is 2.38. The standard InChI is InChI=1S/C23H21ClFN5O2/c1-14-4-9-17(12-18(14)24)28-10-3-11-29-19-20(26-22(28)29)27(2)23(32)30(21(19)31)13-15-5-7-16(25)8-6-15/h4-9,12H,3,10-11,13H2,1-2H3. The van der Waals surface area contributed by atoms with Gasteiger partial charge in [-0.2, -0.15) is 4.98 Å². The first-order valence-electron chi connectivity index (χ1n) is 10.3. The van der Waals surface area contributed by atoms with Gasteiger partial charge in [0.15, 0.2) is 11.2 Å². The topological polar surface area (TPSA) is 65.1 Å². The van der Waals surface area contributed by atoms with Crippen LogP contribution < -0.4 is 16.1 Å². The highest BCUT2D eigenvalue weighted by Gasteiger charge is 2.27. The van der Waals surface area contributed by atoms with E-state index in [1.165, 1.54) is 21.3 Å². The van der Waals surface area contributed by atoms with Gasteiger partial charge in [0.1, 0.15) is 5.82 Å². The highest BCUT2D eigenvalue weighted by molar-refractivity contribution is 6.31. The van der Waals surface area contributed by atoms with Crippen molar-refractivity contribution in [3.8, 4) is 0 Å². The molecule has 0 fully saturated rings. The van der Waals surface area contributed by atoms with Gasteiger partial charge in [0.2, 0.25) is 5.95 Å². The number of anilines is 2. The van der Waals surface area contributed by atoms with E-state index >= 15 is 0 Å². The molecule has 2 aromatic carbocycles. The molecule has 0 atom stereocenters. The van der Waals surface area contributed by atoms with Gasteiger partial charge in [-0.3, -0.25) is 13.9 Å². The third-order valence-corrected chi connectivity index (χ3v) is 6.35. The molecule has 32 heavy (non-hydrogen) atoms. The Morgan fingerprint density at radius 1 is 1.09 bits per heavy atom. The van der Waals surface area contributed by atoms with Crippen molar-refractivity contribution in [2.75, 3.05) is 11.4 Å². The van der Waals surface area contributed by atoms with E-state index in [9.17, 15) is 14.0 Å². The molecule has 0 N–H and O–H groups in total. The van der Waals surface area contributed by atoms with Gasteiger partial charge < -0.3 is 9.47 Å². The minimum atomic E-state index is -0.466. The van der Waals surface area contributed by atoms with Crippen molar-refractivity contribution in [2.45, 2.75) is 26.4 Å². The number of aromatic nitrogens is 4. The van der Waals surface area contributed by atoms with E-state index < -0.39 is 11.2 Å². The number of halogens is 2. The third kappa shape index (κ3) is 3.22. The lowest BCUT2D eigenvalue weighted by atomic mass is 10.2. The van der Waals surface area contributed by atoms with Gasteiger partial charge in [-0.25, -0.2) is 9.18 Å². The Morgan fingerprint density at radius 2 is 1.84 bits per heavy atom. The Labute approximate surface area is 187 Å². The van der Waals surface area contributed by atoms with Gasteiger partial charge in [-0.15, -0.1) is 0 Å².